The predicted octanol–water partition coefficient (Wildman–Crippen LogP) is 4.63. The molecule has 0 spiro atoms. The van der Waals surface area contributed by atoms with Crippen LogP contribution in [-0.2, 0) is 4.79 Å². The Labute approximate surface area is 204 Å². The van der Waals surface area contributed by atoms with Gasteiger partial charge in [-0.15, -0.1) is 0 Å². The van der Waals surface area contributed by atoms with Gasteiger partial charge in [0.15, 0.2) is 0 Å². The van der Waals surface area contributed by atoms with Gasteiger partial charge >= 0.3 is 0 Å². The molecule has 3 aromatic rings. The number of benzene rings is 2. The zero-order valence-corrected chi connectivity index (χ0v) is 20.3. The minimum Gasteiger partial charge on any atom is -0.365 e. The number of para-hydroxylation sites is 1. The fraction of sp³-hybridized carbons (Fsp3) is 0.296. The third-order valence-electron chi connectivity index (χ3n) is 6.47. The van der Waals surface area contributed by atoms with E-state index in [4.69, 9.17) is 0 Å². The monoisotopic (exact) mass is 472 g/mol. The molecule has 5 rings (SSSR count). The van der Waals surface area contributed by atoms with E-state index in [-0.39, 0.29) is 24.3 Å². The summed E-state index contributed by atoms with van der Waals surface area (Å²) < 4.78 is 0. The normalized spacial score (nSPS) is 17.8. The van der Waals surface area contributed by atoms with Crippen molar-refractivity contribution in [3.63, 3.8) is 0 Å². The van der Waals surface area contributed by atoms with Crippen molar-refractivity contribution in [2.24, 2.45) is 0 Å². The summed E-state index contributed by atoms with van der Waals surface area (Å²) in [6.07, 6.45) is 2.00. The molecule has 34 heavy (non-hydrogen) atoms. The molecule has 6 nitrogen and oxygen atoms in total. The van der Waals surface area contributed by atoms with Crippen molar-refractivity contribution in [3.8, 4) is 0 Å². The minimum absolute atomic E-state index is 0.0873. The highest BCUT2D eigenvalue weighted by molar-refractivity contribution is 7.99. The van der Waals surface area contributed by atoms with Crippen LogP contribution < -0.4 is 9.80 Å². The molecule has 3 heterocycles. The highest BCUT2D eigenvalue weighted by atomic mass is 32.2. The number of hydrogen-bond donors (Lipinski definition) is 0. The second-order valence-electron chi connectivity index (χ2n) is 8.85. The Balaban J connectivity index is 1.28. The molecule has 0 aliphatic carbocycles. The van der Waals surface area contributed by atoms with Crippen LogP contribution in [0.4, 0.5) is 11.4 Å². The molecule has 2 aliphatic rings. The molecule has 1 aromatic heterocycles. The van der Waals surface area contributed by atoms with Crippen molar-refractivity contribution in [3.05, 3.63) is 78.0 Å². The first-order chi connectivity index (χ1) is 16.5. The number of pyridine rings is 1. The third-order valence-corrected chi connectivity index (χ3v) is 7.56. The average Bonchev–Trinajstić information content (AvgIpc) is 2.96. The molecule has 1 saturated heterocycles. The highest BCUT2D eigenvalue weighted by Gasteiger charge is 2.30. The number of amides is 2. The van der Waals surface area contributed by atoms with Gasteiger partial charge in [-0.1, -0.05) is 36.0 Å². The highest BCUT2D eigenvalue weighted by Crippen LogP contribution is 2.40. The van der Waals surface area contributed by atoms with Gasteiger partial charge < -0.3 is 14.7 Å². The van der Waals surface area contributed by atoms with E-state index in [9.17, 15) is 9.59 Å². The van der Waals surface area contributed by atoms with Gasteiger partial charge in [0, 0.05) is 55.4 Å². The van der Waals surface area contributed by atoms with Gasteiger partial charge in [-0.2, -0.15) is 0 Å². The predicted molar refractivity (Wildman–Crippen MR) is 136 cm³/mol. The summed E-state index contributed by atoms with van der Waals surface area (Å²) in [6, 6.07) is 20.2. The van der Waals surface area contributed by atoms with Crippen LogP contribution in [0.25, 0.3) is 0 Å². The zero-order chi connectivity index (χ0) is 23.7. The summed E-state index contributed by atoms with van der Waals surface area (Å²) in [4.78, 5) is 38.0. The van der Waals surface area contributed by atoms with E-state index in [1.807, 2.05) is 35.2 Å². The van der Waals surface area contributed by atoms with E-state index in [1.54, 1.807) is 17.2 Å². The van der Waals surface area contributed by atoms with Crippen LogP contribution in [0.15, 0.2) is 76.8 Å². The number of fused-ring (bicyclic) bond motifs is 2. The molecule has 0 bridgehead atoms. The summed E-state index contributed by atoms with van der Waals surface area (Å²) in [6.45, 7) is 6.78. The molecular formula is C27H28N4O2S. The van der Waals surface area contributed by atoms with Gasteiger partial charge in [0.2, 0.25) is 5.91 Å². The molecular weight excluding hydrogens is 444 g/mol. The molecule has 0 N–H and O–H groups in total. The van der Waals surface area contributed by atoms with Gasteiger partial charge in [0.25, 0.3) is 5.91 Å². The molecule has 2 amide bonds. The van der Waals surface area contributed by atoms with Crippen molar-refractivity contribution in [1.82, 2.24) is 9.88 Å². The van der Waals surface area contributed by atoms with Gasteiger partial charge in [0.1, 0.15) is 5.03 Å². The van der Waals surface area contributed by atoms with Crippen LogP contribution >= 0.6 is 11.8 Å². The second kappa shape index (κ2) is 9.50. The Kier molecular flexibility index (Phi) is 6.28. The number of carbonyl (C=O) groups is 2. The molecule has 2 aliphatic heterocycles. The zero-order valence-electron chi connectivity index (χ0n) is 19.5. The van der Waals surface area contributed by atoms with E-state index in [0.717, 1.165) is 17.1 Å². The van der Waals surface area contributed by atoms with Crippen molar-refractivity contribution in [2.75, 3.05) is 36.0 Å². The maximum absolute atomic E-state index is 13.4. The molecule has 1 fully saturated rings. The number of carbonyl (C=O) groups excluding carboxylic acids is 2. The fourth-order valence-electron chi connectivity index (χ4n) is 4.72. The van der Waals surface area contributed by atoms with Gasteiger partial charge in [-0.25, -0.2) is 4.98 Å². The molecule has 1 atom stereocenters. The summed E-state index contributed by atoms with van der Waals surface area (Å²) in [5, 5.41) is 0.704. The van der Waals surface area contributed by atoms with Crippen LogP contribution in [-0.4, -0.2) is 53.9 Å². The number of anilines is 2. The van der Waals surface area contributed by atoms with Gasteiger partial charge in [-0.3, -0.25) is 9.59 Å². The van der Waals surface area contributed by atoms with Crippen LogP contribution in [0.3, 0.4) is 0 Å². The number of aromatic nitrogens is 1. The first-order valence-electron chi connectivity index (χ1n) is 11.7. The number of nitrogens with zero attached hydrogens (tertiary/aromatic N) is 4. The standard InChI is InChI=1S/C27H28N4O2S/c1-19-7-5-8-21(17-19)30-16-15-29(18-20(30)2)25(32)12-14-31-23-10-3-4-11-24(23)34-26-22(27(31)33)9-6-13-28-26/h3-11,13,17,20H,12,14-16,18H2,1-2H3/t20-/m1/s1. The molecule has 0 saturated carbocycles. The number of piperazine rings is 1. The lowest BCUT2D eigenvalue weighted by Gasteiger charge is -2.41. The Morgan fingerprint density at radius 2 is 1.94 bits per heavy atom. The summed E-state index contributed by atoms with van der Waals surface area (Å²) >= 11 is 1.50. The van der Waals surface area contributed by atoms with Crippen molar-refractivity contribution >= 4 is 35.0 Å². The summed E-state index contributed by atoms with van der Waals surface area (Å²) in [5.74, 6) is -0.0182. The van der Waals surface area contributed by atoms with Gasteiger partial charge in [-0.05, 0) is 55.8 Å². The fourth-order valence-corrected chi connectivity index (χ4v) is 5.74. The van der Waals surface area contributed by atoms with Crippen LogP contribution in [0.2, 0.25) is 0 Å². The molecule has 0 unspecified atom stereocenters. The Hall–Kier alpha value is -3.32. The van der Waals surface area contributed by atoms with Crippen molar-refractivity contribution in [2.45, 2.75) is 36.2 Å². The van der Waals surface area contributed by atoms with E-state index in [0.29, 0.717) is 30.2 Å². The maximum Gasteiger partial charge on any atom is 0.261 e. The Morgan fingerprint density at radius 3 is 2.76 bits per heavy atom. The molecule has 0 radical (unpaired) electrons. The lowest BCUT2D eigenvalue weighted by molar-refractivity contribution is -0.131. The second-order valence-corrected chi connectivity index (χ2v) is 9.88. The van der Waals surface area contributed by atoms with Crippen LogP contribution in [0.5, 0.6) is 0 Å². The molecule has 174 valence electrons. The number of aryl methyl sites for hydroxylation is 1. The van der Waals surface area contributed by atoms with E-state index < -0.39 is 0 Å². The Bertz CT molecular complexity index is 1230. The van der Waals surface area contributed by atoms with Crippen LogP contribution in [0.1, 0.15) is 29.3 Å². The third kappa shape index (κ3) is 4.40. The van der Waals surface area contributed by atoms with E-state index in [2.05, 4.69) is 48.0 Å². The van der Waals surface area contributed by atoms with Gasteiger partial charge in [0.05, 0.1) is 11.3 Å². The minimum atomic E-state index is -0.106. The maximum atomic E-state index is 13.4. The number of hydrogen-bond acceptors (Lipinski definition) is 5. The largest absolute Gasteiger partial charge is 0.365 e. The smallest absolute Gasteiger partial charge is 0.261 e. The Morgan fingerprint density at radius 1 is 1.09 bits per heavy atom. The summed E-state index contributed by atoms with van der Waals surface area (Å²) in [5.41, 5.74) is 3.86. The van der Waals surface area contributed by atoms with Crippen LogP contribution in [0, 0.1) is 6.92 Å². The number of rotatable bonds is 4. The molecule has 7 heteroatoms. The van der Waals surface area contributed by atoms with Crippen molar-refractivity contribution < 1.29 is 9.59 Å². The quantitative estimate of drug-likeness (QED) is 0.554. The lowest BCUT2D eigenvalue weighted by atomic mass is 10.1. The van der Waals surface area contributed by atoms with E-state index >= 15 is 0 Å². The first kappa shape index (κ1) is 22.5. The average molecular weight is 473 g/mol. The van der Waals surface area contributed by atoms with Crippen molar-refractivity contribution in [1.29, 1.82) is 0 Å². The summed E-state index contributed by atoms with van der Waals surface area (Å²) in [7, 11) is 0. The molecule has 2 aromatic carbocycles. The SMILES string of the molecule is Cc1cccc(N2CCN(C(=O)CCN3C(=O)c4cccnc4Sc4ccccc43)C[C@H]2C)c1. The topological polar surface area (TPSA) is 56.8 Å². The first-order valence-corrected chi connectivity index (χ1v) is 12.5. The van der Waals surface area contributed by atoms with E-state index in [1.165, 1.54) is 23.0 Å². The lowest BCUT2D eigenvalue weighted by Crippen LogP contribution is -2.54.